The van der Waals surface area contributed by atoms with Crippen LogP contribution >= 0.6 is 0 Å². The zero-order valence-electron chi connectivity index (χ0n) is 13.7. The molecule has 0 aromatic heterocycles. The highest BCUT2D eigenvalue weighted by Crippen LogP contribution is 2.38. The van der Waals surface area contributed by atoms with E-state index in [1.165, 1.54) is 0 Å². The molecule has 1 aromatic carbocycles. The Morgan fingerprint density at radius 2 is 1.91 bits per heavy atom. The van der Waals surface area contributed by atoms with E-state index < -0.39 is 12.1 Å². The molecule has 0 bridgehead atoms. The van der Waals surface area contributed by atoms with Crippen LogP contribution in [0.3, 0.4) is 0 Å². The smallest absolute Gasteiger partial charge is 0.303 e. The quantitative estimate of drug-likeness (QED) is 0.640. The summed E-state index contributed by atoms with van der Waals surface area (Å²) in [5.41, 5.74) is 1.92. The van der Waals surface area contributed by atoms with Gasteiger partial charge >= 0.3 is 5.97 Å². The summed E-state index contributed by atoms with van der Waals surface area (Å²) in [6.07, 6.45) is 5.77. The lowest BCUT2D eigenvalue weighted by molar-refractivity contribution is -0.137. The number of fused-ring (bicyclic) bond motifs is 1. The van der Waals surface area contributed by atoms with Crippen molar-refractivity contribution in [3.8, 4) is 11.5 Å². The second-order valence-corrected chi connectivity index (χ2v) is 6.02. The van der Waals surface area contributed by atoms with Gasteiger partial charge in [0.15, 0.2) is 11.5 Å². The maximum absolute atomic E-state index is 10.6. The van der Waals surface area contributed by atoms with Crippen LogP contribution in [-0.2, 0) is 11.2 Å². The molecule has 1 unspecified atom stereocenters. The molecular formula is C18H26O5. The molecule has 2 rings (SSSR count). The molecule has 23 heavy (non-hydrogen) atoms. The van der Waals surface area contributed by atoms with E-state index in [1.807, 2.05) is 12.1 Å². The first-order valence-electron chi connectivity index (χ1n) is 8.44. The zero-order valence-corrected chi connectivity index (χ0v) is 13.7. The molecule has 1 aliphatic rings. The zero-order chi connectivity index (χ0) is 16.7. The van der Waals surface area contributed by atoms with Gasteiger partial charge in [-0.25, -0.2) is 0 Å². The van der Waals surface area contributed by atoms with Crippen LogP contribution in [0.5, 0.6) is 11.5 Å². The summed E-state index contributed by atoms with van der Waals surface area (Å²) < 4.78 is 10.8. The summed E-state index contributed by atoms with van der Waals surface area (Å²) in [5.74, 6) is 0.627. The average molecular weight is 322 g/mol. The number of aliphatic hydroxyl groups excluding tert-OH is 1. The van der Waals surface area contributed by atoms with Gasteiger partial charge in [0, 0.05) is 6.42 Å². The molecule has 5 nitrogen and oxygen atoms in total. The highest BCUT2D eigenvalue weighted by molar-refractivity contribution is 5.66. The van der Waals surface area contributed by atoms with Gasteiger partial charge in [0.2, 0.25) is 6.79 Å². The van der Waals surface area contributed by atoms with E-state index in [-0.39, 0.29) is 13.2 Å². The summed E-state index contributed by atoms with van der Waals surface area (Å²) in [6.45, 7) is 2.35. The monoisotopic (exact) mass is 322 g/mol. The van der Waals surface area contributed by atoms with Gasteiger partial charge in [-0.1, -0.05) is 26.2 Å². The molecule has 1 aromatic rings. The molecule has 5 heteroatoms. The lowest BCUT2D eigenvalue weighted by Gasteiger charge is -2.16. The van der Waals surface area contributed by atoms with E-state index in [1.54, 1.807) is 0 Å². The fourth-order valence-corrected chi connectivity index (χ4v) is 2.86. The Labute approximate surface area is 137 Å². The van der Waals surface area contributed by atoms with E-state index in [0.29, 0.717) is 17.9 Å². The Balaban J connectivity index is 2.06. The summed E-state index contributed by atoms with van der Waals surface area (Å²) >= 11 is 0. The van der Waals surface area contributed by atoms with Crippen LogP contribution in [0.15, 0.2) is 12.1 Å². The number of hydrogen-bond acceptors (Lipinski definition) is 4. The highest BCUT2D eigenvalue weighted by atomic mass is 16.7. The van der Waals surface area contributed by atoms with Crippen molar-refractivity contribution in [3.63, 3.8) is 0 Å². The minimum Gasteiger partial charge on any atom is -0.481 e. The molecule has 1 aliphatic heterocycles. The van der Waals surface area contributed by atoms with E-state index in [0.717, 1.165) is 49.7 Å². The van der Waals surface area contributed by atoms with Crippen molar-refractivity contribution in [1.82, 2.24) is 0 Å². The van der Waals surface area contributed by atoms with Crippen LogP contribution in [0.25, 0.3) is 0 Å². The van der Waals surface area contributed by atoms with Crippen molar-refractivity contribution in [3.05, 3.63) is 23.3 Å². The third-order valence-corrected chi connectivity index (χ3v) is 4.16. The second-order valence-electron chi connectivity index (χ2n) is 6.02. The van der Waals surface area contributed by atoms with E-state index in [9.17, 15) is 9.90 Å². The van der Waals surface area contributed by atoms with Gasteiger partial charge in [0.1, 0.15) is 0 Å². The number of aryl methyl sites for hydroxylation is 1. The number of carbonyl (C=O) groups is 1. The number of aliphatic carboxylic acids is 1. The first kappa shape index (κ1) is 17.6. The van der Waals surface area contributed by atoms with Gasteiger partial charge in [-0.3, -0.25) is 4.79 Å². The third-order valence-electron chi connectivity index (χ3n) is 4.16. The van der Waals surface area contributed by atoms with E-state index in [4.69, 9.17) is 14.6 Å². The van der Waals surface area contributed by atoms with Gasteiger partial charge in [0.05, 0.1) is 6.10 Å². The lowest BCUT2D eigenvalue weighted by atomic mass is 9.94. The lowest BCUT2D eigenvalue weighted by Crippen LogP contribution is -2.04. The van der Waals surface area contributed by atoms with Crippen LogP contribution in [0.4, 0.5) is 0 Å². The van der Waals surface area contributed by atoms with Crippen LogP contribution in [0.2, 0.25) is 0 Å². The van der Waals surface area contributed by atoms with Crippen LogP contribution in [-0.4, -0.2) is 23.0 Å². The summed E-state index contributed by atoms with van der Waals surface area (Å²) in [4.78, 5) is 10.6. The van der Waals surface area contributed by atoms with Crippen molar-refractivity contribution < 1.29 is 24.5 Å². The molecule has 0 amide bonds. The van der Waals surface area contributed by atoms with Gasteiger partial charge < -0.3 is 19.7 Å². The van der Waals surface area contributed by atoms with Crippen molar-refractivity contribution >= 4 is 5.97 Å². The topological polar surface area (TPSA) is 76.0 Å². The molecule has 1 heterocycles. The molecule has 1 atom stereocenters. The summed E-state index contributed by atoms with van der Waals surface area (Å²) in [6, 6.07) is 3.81. The molecule has 0 aliphatic carbocycles. The van der Waals surface area contributed by atoms with Gasteiger partial charge in [-0.05, 0) is 48.9 Å². The molecule has 0 spiro atoms. The average Bonchev–Trinajstić information content (AvgIpc) is 2.98. The van der Waals surface area contributed by atoms with E-state index in [2.05, 4.69) is 6.92 Å². The number of ether oxygens (including phenoxy) is 2. The predicted octanol–water partition coefficient (Wildman–Crippen LogP) is 3.83. The van der Waals surface area contributed by atoms with Gasteiger partial charge in [0.25, 0.3) is 0 Å². The maximum atomic E-state index is 10.6. The fraction of sp³-hybridized carbons (Fsp3) is 0.611. The first-order chi connectivity index (χ1) is 11.1. The number of carboxylic acid groups (broad SMARTS) is 1. The minimum absolute atomic E-state index is 0.180. The molecule has 0 saturated heterocycles. The predicted molar refractivity (Wildman–Crippen MR) is 86.9 cm³/mol. The second kappa shape index (κ2) is 8.77. The molecule has 2 N–H and O–H groups in total. The Morgan fingerprint density at radius 1 is 1.17 bits per heavy atom. The Bertz CT molecular complexity index is 526. The standard InChI is InChI=1S/C18H26O5/c1-2-3-4-8-15(19)14-11-17-16(22-12-23-17)10-13(14)7-5-6-9-18(20)21/h10-11,15,19H,2-9,12H2,1H3,(H,20,21). The van der Waals surface area contributed by atoms with Gasteiger partial charge in [-0.2, -0.15) is 0 Å². The number of hydrogen-bond donors (Lipinski definition) is 2. The van der Waals surface area contributed by atoms with E-state index >= 15 is 0 Å². The Kier molecular flexibility index (Phi) is 6.71. The largest absolute Gasteiger partial charge is 0.481 e. The Morgan fingerprint density at radius 3 is 2.61 bits per heavy atom. The van der Waals surface area contributed by atoms with Gasteiger partial charge in [-0.15, -0.1) is 0 Å². The van der Waals surface area contributed by atoms with Crippen LogP contribution in [0.1, 0.15) is 69.1 Å². The molecule has 0 saturated carbocycles. The fourth-order valence-electron chi connectivity index (χ4n) is 2.86. The number of carboxylic acids is 1. The number of unbranched alkanes of at least 4 members (excludes halogenated alkanes) is 3. The SMILES string of the molecule is CCCCCC(O)c1cc2c(cc1CCCCC(=O)O)OCO2. The highest BCUT2D eigenvalue weighted by Gasteiger charge is 2.20. The molecule has 128 valence electrons. The van der Waals surface area contributed by atoms with Crippen molar-refractivity contribution in [2.24, 2.45) is 0 Å². The first-order valence-corrected chi connectivity index (χ1v) is 8.44. The Hall–Kier alpha value is -1.75. The maximum Gasteiger partial charge on any atom is 0.303 e. The van der Waals surface area contributed by atoms with Crippen molar-refractivity contribution in [1.29, 1.82) is 0 Å². The minimum atomic E-state index is -0.768. The van der Waals surface area contributed by atoms with Crippen molar-refractivity contribution in [2.75, 3.05) is 6.79 Å². The summed E-state index contributed by atoms with van der Waals surface area (Å²) in [5, 5.41) is 19.2. The number of rotatable bonds is 10. The normalized spacial score (nSPS) is 14.0. The number of aliphatic hydroxyl groups is 1. The molecule has 0 radical (unpaired) electrons. The van der Waals surface area contributed by atoms with Crippen molar-refractivity contribution in [2.45, 2.75) is 64.4 Å². The van der Waals surface area contributed by atoms with Crippen LogP contribution < -0.4 is 9.47 Å². The van der Waals surface area contributed by atoms with Crippen LogP contribution in [0, 0.1) is 0 Å². The summed E-state index contributed by atoms with van der Waals surface area (Å²) in [7, 11) is 0. The molecular weight excluding hydrogens is 296 g/mol. The third kappa shape index (κ3) is 5.13. The number of benzene rings is 1. The molecule has 0 fully saturated rings.